The fourth-order valence-electron chi connectivity index (χ4n) is 2.49. The van der Waals surface area contributed by atoms with Crippen molar-refractivity contribution >= 4 is 41.0 Å². The summed E-state index contributed by atoms with van der Waals surface area (Å²) in [5.41, 5.74) is 3.88. The summed E-state index contributed by atoms with van der Waals surface area (Å²) >= 11 is 5.82. The normalized spacial score (nSPS) is 10.6. The highest BCUT2D eigenvalue weighted by Crippen LogP contribution is 2.14. The summed E-state index contributed by atoms with van der Waals surface area (Å²) in [6.07, 6.45) is 1.40. The molecule has 0 saturated carbocycles. The molecule has 30 heavy (non-hydrogen) atoms. The molecule has 0 spiro atoms. The number of non-ortho nitro benzene ring substituents is 1. The lowest BCUT2D eigenvalue weighted by atomic mass is 10.2. The van der Waals surface area contributed by atoms with Gasteiger partial charge in [0.1, 0.15) is 0 Å². The van der Waals surface area contributed by atoms with Crippen LogP contribution < -0.4 is 10.7 Å². The lowest BCUT2D eigenvalue weighted by Crippen LogP contribution is -2.17. The van der Waals surface area contributed by atoms with Gasteiger partial charge < -0.3 is 5.32 Å². The fraction of sp³-hybridized carbons (Fsp3) is 0. The Balaban J connectivity index is 1.63. The fourth-order valence-corrected chi connectivity index (χ4v) is 2.62. The first kappa shape index (κ1) is 20.7. The van der Waals surface area contributed by atoms with E-state index in [2.05, 4.69) is 15.8 Å². The second-order valence-electron chi connectivity index (χ2n) is 6.09. The molecule has 0 bridgehead atoms. The number of hydrogen-bond donors (Lipinski definition) is 2. The van der Waals surface area contributed by atoms with Crippen LogP contribution in [0.4, 0.5) is 11.4 Å². The molecule has 3 rings (SSSR count). The lowest BCUT2D eigenvalue weighted by Gasteiger charge is -2.06. The Morgan fingerprint density at radius 1 is 0.933 bits per heavy atom. The average molecular weight is 423 g/mol. The van der Waals surface area contributed by atoms with Crippen LogP contribution in [0, 0.1) is 10.1 Å². The summed E-state index contributed by atoms with van der Waals surface area (Å²) < 4.78 is 0. The van der Waals surface area contributed by atoms with Crippen molar-refractivity contribution in [3.63, 3.8) is 0 Å². The topological polar surface area (TPSA) is 114 Å². The molecule has 0 saturated heterocycles. The van der Waals surface area contributed by atoms with Crippen LogP contribution in [-0.4, -0.2) is 23.0 Å². The van der Waals surface area contributed by atoms with Gasteiger partial charge >= 0.3 is 0 Å². The number of anilines is 1. The molecule has 2 N–H and O–H groups in total. The average Bonchev–Trinajstić information content (AvgIpc) is 2.74. The van der Waals surface area contributed by atoms with Crippen LogP contribution in [0.3, 0.4) is 0 Å². The Bertz CT molecular complexity index is 1130. The van der Waals surface area contributed by atoms with Crippen molar-refractivity contribution in [2.75, 3.05) is 5.32 Å². The Morgan fingerprint density at radius 2 is 1.67 bits per heavy atom. The largest absolute Gasteiger partial charge is 0.322 e. The van der Waals surface area contributed by atoms with Crippen LogP contribution in [0.5, 0.6) is 0 Å². The Morgan fingerprint density at radius 3 is 2.40 bits per heavy atom. The van der Waals surface area contributed by atoms with Gasteiger partial charge in [-0.25, -0.2) is 5.43 Å². The van der Waals surface area contributed by atoms with Crippen molar-refractivity contribution in [1.82, 2.24) is 5.43 Å². The first-order valence-corrected chi connectivity index (χ1v) is 9.05. The van der Waals surface area contributed by atoms with Gasteiger partial charge in [0.25, 0.3) is 17.5 Å². The predicted molar refractivity (Wildman–Crippen MR) is 114 cm³/mol. The number of carbonyl (C=O) groups excluding carboxylic acids is 2. The van der Waals surface area contributed by atoms with Gasteiger partial charge in [-0.2, -0.15) is 5.10 Å². The van der Waals surface area contributed by atoms with Crippen molar-refractivity contribution in [2.45, 2.75) is 0 Å². The number of amides is 2. The maximum atomic E-state index is 12.3. The Hall–Kier alpha value is -4.04. The second kappa shape index (κ2) is 9.44. The predicted octanol–water partition coefficient (Wildman–Crippen LogP) is 4.26. The van der Waals surface area contributed by atoms with Crippen molar-refractivity contribution in [3.8, 4) is 0 Å². The van der Waals surface area contributed by atoms with Crippen molar-refractivity contribution in [1.29, 1.82) is 0 Å². The molecule has 0 radical (unpaired) electrons. The molecule has 3 aromatic rings. The number of nitrogens with one attached hydrogen (secondary N) is 2. The monoisotopic (exact) mass is 422 g/mol. The Labute approximate surface area is 176 Å². The minimum Gasteiger partial charge on any atom is -0.322 e. The molecule has 8 nitrogen and oxygen atoms in total. The molecule has 0 atom stereocenters. The van der Waals surface area contributed by atoms with Crippen LogP contribution in [0.1, 0.15) is 26.3 Å². The van der Waals surface area contributed by atoms with Gasteiger partial charge in [0.2, 0.25) is 0 Å². The van der Waals surface area contributed by atoms with Gasteiger partial charge in [0, 0.05) is 34.0 Å². The summed E-state index contributed by atoms with van der Waals surface area (Å²) in [4.78, 5) is 34.6. The number of rotatable bonds is 6. The molecule has 0 unspecified atom stereocenters. The minimum atomic E-state index is -0.581. The molecule has 0 aliphatic rings. The van der Waals surface area contributed by atoms with Gasteiger partial charge in [-0.3, -0.25) is 19.7 Å². The standard InChI is InChI=1S/C21H15ClN4O4/c22-17-9-7-15(8-10-17)20(27)24-18-5-1-3-14(11-18)13-23-25-21(28)16-4-2-6-19(12-16)26(29)30/h1-13H,(H,24,27)(H,25,28)/b23-13+. The maximum absolute atomic E-state index is 12.3. The number of carbonyl (C=O) groups is 2. The van der Waals surface area contributed by atoms with Gasteiger partial charge in [-0.1, -0.05) is 29.8 Å². The third-order valence-electron chi connectivity index (χ3n) is 3.95. The van der Waals surface area contributed by atoms with E-state index >= 15 is 0 Å². The molecule has 3 aromatic carbocycles. The van der Waals surface area contributed by atoms with Crippen LogP contribution in [0.2, 0.25) is 5.02 Å². The van der Waals surface area contributed by atoms with Crippen molar-refractivity contribution < 1.29 is 14.5 Å². The number of halogens is 1. The molecular weight excluding hydrogens is 408 g/mol. The molecule has 150 valence electrons. The van der Waals surface area contributed by atoms with Gasteiger partial charge in [0.05, 0.1) is 11.1 Å². The second-order valence-corrected chi connectivity index (χ2v) is 6.53. The molecular formula is C21H15ClN4O4. The van der Waals surface area contributed by atoms with E-state index in [1.165, 1.54) is 24.4 Å². The SMILES string of the molecule is O=C(N/N=C/c1cccc(NC(=O)c2ccc(Cl)cc2)c1)c1cccc([N+](=O)[O-])c1. The number of benzene rings is 3. The van der Waals surface area contributed by atoms with E-state index < -0.39 is 10.8 Å². The lowest BCUT2D eigenvalue weighted by molar-refractivity contribution is -0.384. The molecule has 2 amide bonds. The van der Waals surface area contributed by atoms with E-state index in [0.717, 1.165) is 6.07 Å². The zero-order chi connectivity index (χ0) is 21.5. The van der Waals surface area contributed by atoms with E-state index in [4.69, 9.17) is 11.6 Å². The summed E-state index contributed by atoms with van der Waals surface area (Å²) in [5, 5.41) is 18.0. The number of nitro benzene ring substituents is 1. The van der Waals surface area contributed by atoms with Crippen molar-refractivity contribution in [3.05, 3.63) is 105 Å². The first-order chi connectivity index (χ1) is 14.4. The molecule has 0 fully saturated rings. The third kappa shape index (κ3) is 5.49. The van der Waals surface area contributed by atoms with Crippen LogP contribution in [0.25, 0.3) is 0 Å². The summed E-state index contributed by atoms with van der Waals surface area (Å²) in [6, 6.07) is 18.7. The first-order valence-electron chi connectivity index (χ1n) is 8.67. The highest BCUT2D eigenvalue weighted by atomic mass is 35.5. The zero-order valence-electron chi connectivity index (χ0n) is 15.4. The molecule has 0 aliphatic heterocycles. The number of hydrogen-bond acceptors (Lipinski definition) is 5. The van der Waals surface area contributed by atoms with E-state index in [1.54, 1.807) is 48.5 Å². The van der Waals surface area contributed by atoms with Crippen molar-refractivity contribution in [2.24, 2.45) is 5.10 Å². The summed E-state index contributed by atoms with van der Waals surface area (Å²) in [7, 11) is 0. The minimum absolute atomic E-state index is 0.116. The number of nitrogens with zero attached hydrogens (tertiary/aromatic N) is 2. The van der Waals surface area contributed by atoms with Crippen LogP contribution in [-0.2, 0) is 0 Å². The van der Waals surface area contributed by atoms with E-state index in [-0.39, 0.29) is 17.2 Å². The molecule has 0 aromatic heterocycles. The van der Waals surface area contributed by atoms with Crippen LogP contribution >= 0.6 is 11.6 Å². The maximum Gasteiger partial charge on any atom is 0.271 e. The third-order valence-corrected chi connectivity index (χ3v) is 4.20. The number of hydrazone groups is 1. The summed E-state index contributed by atoms with van der Waals surface area (Å²) in [5.74, 6) is -0.873. The Kier molecular flexibility index (Phi) is 6.51. The highest BCUT2D eigenvalue weighted by molar-refractivity contribution is 6.30. The number of nitro groups is 1. The van der Waals surface area contributed by atoms with Crippen LogP contribution in [0.15, 0.2) is 77.9 Å². The smallest absolute Gasteiger partial charge is 0.271 e. The van der Waals surface area contributed by atoms with E-state index in [1.807, 2.05) is 0 Å². The van der Waals surface area contributed by atoms with Gasteiger partial charge in [-0.05, 0) is 48.0 Å². The van der Waals surface area contributed by atoms with Gasteiger partial charge in [0.15, 0.2) is 0 Å². The van der Waals surface area contributed by atoms with Gasteiger partial charge in [-0.15, -0.1) is 0 Å². The molecule has 0 heterocycles. The molecule has 9 heteroatoms. The quantitative estimate of drug-likeness (QED) is 0.351. The zero-order valence-corrected chi connectivity index (χ0v) is 16.2. The summed E-state index contributed by atoms with van der Waals surface area (Å²) in [6.45, 7) is 0. The highest BCUT2D eigenvalue weighted by Gasteiger charge is 2.10. The van der Waals surface area contributed by atoms with E-state index in [0.29, 0.717) is 21.8 Å². The van der Waals surface area contributed by atoms with E-state index in [9.17, 15) is 19.7 Å². The molecule has 0 aliphatic carbocycles.